The van der Waals surface area contributed by atoms with E-state index in [1.807, 2.05) is 25.1 Å². The molecule has 0 unspecified atom stereocenters. The summed E-state index contributed by atoms with van der Waals surface area (Å²) in [5.74, 6) is 0.0767. The van der Waals surface area contributed by atoms with E-state index in [0.717, 1.165) is 23.7 Å². The number of nitrogens with zero attached hydrogens (tertiary/aromatic N) is 2. The van der Waals surface area contributed by atoms with Crippen molar-refractivity contribution in [3.05, 3.63) is 29.3 Å². The number of piperidine rings is 1. The molecule has 0 N–H and O–H groups in total. The van der Waals surface area contributed by atoms with Crippen LogP contribution >= 0.6 is 0 Å². The van der Waals surface area contributed by atoms with Gasteiger partial charge in [-0.05, 0) is 50.7 Å². The Bertz CT molecular complexity index is 653. The van der Waals surface area contributed by atoms with Crippen molar-refractivity contribution in [3.63, 3.8) is 0 Å². The molecule has 0 bridgehead atoms. The van der Waals surface area contributed by atoms with Gasteiger partial charge in [0.15, 0.2) is 0 Å². The zero-order valence-electron chi connectivity index (χ0n) is 13.8. The number of carbonyl (C=O) groups excluding carboxylic acids is 2. The number of rotatable bonds is 2. The quantitative estimate of drug-likeness (QED) is 0.788. The number of anilines is 1. The number of amides is 1. The maximum absolute atomic E-state index is 12.5. The molecule has 1 saturated heterocycles. The van der Waals surface area contributed by atoms with E-state index in [9.17, 15) is 9.59 Å². The van der Waals surface area contributed by atoms with Crippen molar-refractivity contribution in [1.82, 2.24) is 4.90 Å². The molecule has 2 atom stereocenters. The topological polar surface area (TPSA) is 40.6 Å². The Balaban J connectivity index is 1.59. The molecule has 1 amide bonds. The first kappa shape index (κ1) is 14.9. The summed E-state index contributed by atoms with van der Waals surface area (Å²) in [6, 6.07) is 6.34. The van der Waals surface area contributed by atoms with Crippen molar-refractivity contribution in [2.45, 2.75) is 51.5 Å². The van der Waals surface area contributed by atoms with Crippen LogP contribution in [0.25, 0.3) is 0 Å². The molecular formula is C19H24N2O2. The van der Waals surface area contributed by atoms with Crippen molar-refractivity contribution in [3.8, 4) is 0 Å². The van der Waals surface area contributed by atoms with Crippen LogP contribution in [0.2, 0.25) is 0 Å². The summed E-state index contributed by atoms with van der Waals surface area (Å²) in [6.45, 7) is 3.57. The lowest BCUT2D eigenvalue weighted by atomic mass is 9.78. The third-order valence-corrected chi connectivity index (χ3v) is 5.81. The number of carbonyl (C=O) groups is 2. The molecule has 4 nitrogen and oxygen atoms in total. The molecule has 4 rings (SSSR count). The summed E-state index contributed by atoms with van der Waals surface area (Å²) < 4.78 is 0. The highest BCUT2D eigenvalue weighted by Gasteiger charge is 2.40. The molecule has 23 heavy (non-hydrogen) atoms. The molecule has 2 heterocycles. The third-order valence-electron chi connectivity index (χ3n) is 5.81. The Morgan fingerprint density at radius 2 is 1.87 bits per heavy atom. The molecule has 2 aliphatic heterocycles. The predicted octanol–water partition coefficient (Wildman–Crippen LogP) is 3.14. The lowest BCUT2D eigenvalue weighted by molar-refractivity contribution is -0.115. The van der Waals surface area contributed by atoms with Crippen molar-refractivity contribution in [1.29, 1.82) is 0 Å². The van der Waals surface area contributed by atoms with Gasteiger partial charge in [-0.25, -0.2) is 0 Å². The molecule has 3 aliphatic rings. The van der Waals surface area contributed by atoms with Gasteiger partial charge in [0.1, 0.15) is 0 Å². The van der Waals surface area contributed by atoms with Gasteiger partial charge in [0, 0.05) is 12.6 Å². The van der Waals surface area contributed by atoms with E-state index in [4.69, 9.17) is 0 Å². The number of hydrogen-bond acceptors (Lipinski definition) is 3. The Labute approximate surface area is 137 Å². The predicted molar refractivity (Wildman–Crippen MR) is 89.5 cm³/mol. The standard InChI is InChI=1S/C19H24N2O2/c1-13-8-9-17-15(11-13)18(22)19(23)21(17)12-20-10-4-6-14-5-2-3-7-16(14)20/h8-9,11,14,16H,2-7,10,12H2,1H3/t14-,16-/m0/s1. The average Bonchev–Trinajstić information content (AvgIpc) is 2.80. The van der Waals surface area contributed by atoms with E-state index >= 15 is 0 Å². The van der Waals surface area contributed by atoms with Crippen LogP contribution in [0.1, 0.15) is 54.4 Å². The van der Waals surface area contributed by atoms with E-state index in [0.29, 0.717) is 18.3 Å². The van der Waals surface area contributed by atoms with Crippen LogP contribution in [0, 0.1) is 12.8 Å². The highest BCUT2D eigenvalue weighted by Crippen LogP contribution is 2.37. The number of likely N-dealkylation sites (tertiary alicyclic amines) is 1. The van der Waals surface area contributed by atoms with E-state index in [2.05, 4.69) is 4.90 Å². The number of fused-ring (bicyclic) bond motifs is 2. The summed E-state index contributed by atoms with van der Waals surface area (Å²) in [5, 5.41) is 0. The SMILES string of the molecule is Cc1ccc2c(c1)C(=O)C(=O)N2CN1CCC[C@@H]2CCCC[C@@H]21. The van der Waals surface area contributed by atoms with Crippen LogP contribution in [0.3, 0.4) is 0 Å². The number of aryl methyl sites for hydroxylation is 1. The van der Waals surface area contributed by atoms with Crippen molar-refractivity contribution >= 4 is 17.4 Å². The van der Waals surface area contributed by atoms with Crippen LogP contribution in [-0.4, -0.2) is 35.8 Å². The smallest absolute Gasteiger partial charge is 0.291 e. The lowest BCUT2D eigenvalue weighted by Gasteiger charge is -2.45. The summed E-state index contributed by atoms with van der Waals surface area (Å²) in [6.07, 6.45) is 7.73. The van der Waals surface area contributed by atoms with Crippen molar-refractivity contribution < 1.29 is 9.59 Å². The van der Waals surface area contributed by atoms with E-state index < -0.39 is 0 Å². The van der Waals surface area contributed by atoms with Crippen LogP contribution in [0.5, 0.6) is 0 Å². The molecule has 4 heteroatoms. The Kier molecular flexibility index (Phi) is 3.72. The van der Waals surface area contributed by atoms with Gasteiger partial charge < -0.3 is 0 Å². The van der Waals surface area contributed by atoms with Crippen LogP contribution in [0.4, 0.5) is 5.69 Å². The van der Waals surface area contributed by atoms with Gasteiger partial charge in [0.05, 0.1) is 17.9 Å². The van der Waals surface area contributed by atoms with Crippen molar-refractivity contribution in [2.75, 3.05) is 18.1 Å². The second-order valence-electron chi connectivity index (χ2n) is 7.29. The number of Topliss-reactive ketones (excluding diaryl/α,β-unsaturated/α-hetero) is 1. The average molecular weight is 312 g/mol. The maximum Gasteiger partial charge on any atom is 0.300 e. The molecule has 1 aliphatic carbocycles. The van der Waals surface area contributed by atoms with E-state index in [1.165, 1.54) is 38.5 Å². The van der Waals surface area contributed by atoms with Gasteiger partial charge in [-0.3, -0.25) is 19.4 Å². The van der Waals surface area contributed by atoms with Crippen molar-refractivity contribution in [2.24, 2.45) is 5.92 Å². The van der Waals surface area contributed by atoms with Crippen LogP contribution in [0.15, 0.2) is 18.2 Å². The zero-order valence-corrected chi connectivity index (χ0v) is 13.8. The Hall–Kier alpha value is -1.68. The fourth-order valence-electron chi connectivity index (χ4n) is 4.64. The minimum atomic E-state index is -0.358. The number of hydrogen-bond donors (Lipinski definition) is 0. The summed E-state index contributed by atoms with van der Waals surface area (Å²) in [4.78, 5) is 28.9. The molecule has 1 aromatic carbocycles. The van der Waals surface area contributed by atoms with Gasteiger partial charge >= 0.3 is 5.91 Å². The first-order valence-corrected chi connectivity index (χ1v) is 8.86. The zero-order chi connectivity index (χ0) is 16.0. The molecule has 1 saturated carbocycles. The fraction of sp³-hybridized carbons (Fsp3) is 0.579. The van der Waals surface area contributed by atoms with E-state index in [-0.39, 0.29) is 11.7 Å². The minimum absolute atomic E-state index is 0.346. The largest absolute Gasteiger partial charge is 0.300 e. The van der Waals surface area contributed by atoms with Crippen LogP contribution in [-0.2, 0) is 4.79 Å². The Morgan fingerprint density at radius 3 is 2.74 bits per heavy atom. The fourth-order valence-corrected chi connectivity index (χ4v) is 4.64. The first-order valence-electron chi connectivity index (χ1n) is 8.86. The second kappa shape index (κ2) is 5.75. The van der Waals surface area contributed by atoms with E-state index in [1.54, 1.807) is 4.90 Å². The highest BCUT2D eigenvalue weighted by atomic mass is 16.2. The normalized spacial score (nSPS) is 28.0. The summed E-state index contributed by atoms with van der Waals surface area (Å²) in [5.41, 5.74) is 2.40. The summed E-state index contributed by atoms with van der Waals surface area (Å²) >= 11 is 0. The highest BCUT2D eigenvalue weighted by molar-refractivity contribution is 6.52. The first-order chi connectivity index (χ1) is 11.1. The molecule has 1 aromatic rings. The summed E-state index contributed by atoms with van der Waals surface area (Å²) in [7, 11) is 0. The van der Waals surface area contributed by atoms with Crippen LogP contribution < -0.4 is 4.90 Å². The molecule has 0 aromatic heterocycles. The second-order valence-corrected chi connectivity index (χ2v) is 7.29. The van der Waals surface area contributed by atoms with Gasteiger partial charge in [-0.1, -0.05) is 24.5 Å². The van der Waals surface area contributed by atoms with Gasteiger partial charge in [-0.15, -0.1) is 0 Å². The maximum atomic E-state index is 12.5. The number of ketones is 1. The minimum Gasteiger partial charge on any atom is -0.291 e. The van der Waals surface area contributed by atoms with Gasteiger partial charge in [0.25, 0.3) is 5.78 Å². The van der Waals surface area contributed by atoms with Gasteiger partial charge in [-0.2, -0.15) is 0 Å². The lowest BCUT2D eigenvalue weighted by Crippen LogP contribution is -2.52. The van der Waals surface area contributed by atoms with Gasteiger partial charge in [0.2, 0.25) is 0 Å². The molecule has 0 spiro atoms. The molecular weight excluding hydrogens is 288 g/mol. The monoisotopic (exact) mass is 312 g/mol. The third kappa shape index (κ3) is 2.49. The Morgan fingerprint density at radius 1 is 1.09 bits per heavy atom. The molecule has 122 valence electrons. The molecule has 0 radical (unpaired) electrons. The number of benzene rings is 1. The molecule has 2 fully saturated rings.